The maximum absolute atomic E-state index is 12.6. The van der Waals surface area contributed by atoms with Crippen LogP contribution in [0.2, 0.25) is 0 Å². The van der Waals surface area contributed by atoms with E-state index in [0.717, 1.165) is 37.6 Å². The van der Waals surface area contributed by atoms with E-state index in [-0.39, 0.29) is 12.2 Å². The molecule has 1 aliphatic heterocycles. The third kappa shape index (κ3) is 3.75. The van der Waals surface area contributed by atoms with Crippen molar-refractivity contribution in [1.29, 1.82) is 0 Å². The highest BCUT2D eigenvalue weighted by atomic mass is 16.2. The summed E-state index contributed by atoms with van der Waals surface area (Å²) in [5, 5.41) is 3.55. The van der Waals surface area contributed by atoms with Crippen LogP contribution in [0.4, 0.5) is 0 Å². The Morgan fingerprint density at radius 2 is 2.10 bits per heavy atom. The number of hydrogen-bond acceptors (Lipinski definition) is 2. The quantitative estimate of drug-likeness (QED) is 0.807. The molecule has 1 heterocycles. The first-order valence-electron chi connectivity index (χ1n) is 8.72. The molecule has 116 valence electrons. The molecule has 0 aromatic heterocycles. The first-order chi connectivity index (χ1) is 9.65. The Bertz CT molecular complexity index is 318. The Morgan fingerprint density at radius 1 is 1.30 bits per heavy atom. The van der Waals surface area contributed by atoms with E-state index >= 15 is 0 Å². The number of carbonyl (C=O) groups excluding carboxylic acids is 1. The van der Waals surface area contributed by atoms with E-state index in [4.69, 9.17) is 0 Å². The molecule has 2 fully saturated rings. The molecule has 2 rings (SSSR count). The zero-order chi connectivity index (χ0) is 14.5. The molecule has 0 bridgehead atoms. The highest BCUT2D eigenvalue weighted by Gasteiger charge is 2.38. The van der Waals surface area contributed by atoms with Gasteiger partial charge < -0.3 is 4.90 Å². The van der Waals surface area contributed by atoms with E-state index in [9.17, 15) is 4.79 Å². The number of hydrogen-bond donors (Lipinski definition) is 1. The van der Waals surface area contributed by atoms with Crippen LogP contribution in [0.15, 0.2) is 0 Å². The van der Waals surface area contributed by atoms with Crippen LogP contribution in [0.1, 0.15) is 72.1 Å². The predicted octanol–water partition coefficient (Wildman–Crippen LogP) is 3.54. The van der Waals surface area contributed by atoms with Crippen molar-refractivity contribution in [3.8, 4) is 0 Å². The number of carbonyl (C=O) groups is 1. The molecular weight excluding hydrogens is 248 g/mol. The monoisotopic (exact) mass is 280 g/mol. The summed E-state index contributed by atoms with van der Waals surface area (Å²) in [6.07, 6.45) is 9.96. The molecule has 0 spiro atoms. The normalized spacial score (nSPS) is 34.8. The molecule has 2 aliphatic rings. The van der Waals surface area contributed by atoms with E-state index in [1.54, 1.807) is 0 Å². The maximum Gasteiger partial charge on any atom is 0.241 e. The van der Waals surface area contributed by atoms with Gasteiger partial charge in [0.25, 0.3) is 0 Å². The lowest BCUT2D eigenvalue weighted by Crippen LogP contribution is -2.40. The van der Waals surface area contributed by atoms with Gasteiger partial charge in [0.05, 0.1) is 12.2 Å². The third-order valence-electron chi connectivity index (χ3n) is 5.08. The topological polar surface area (TPSA) is 32.3 Å². The zero-order valence-electron chi connectivity index (χ0n) is 13.5. The Balaban J connectivity index is 1.92. The van der Waals surface area contributed by atoms with Gasteiger partial charge in [-0.25, -0.2) is 0 Å². The molecule has 20 heavy (non-hydrogen) atoms. The Morgan fingerprint density at radius 3 is 2.75 bits per heavy atom. The van der Waals surface area contributed by atoms with Gasteiger partial charge in [0.1, 0.15) is 0 Å². The average molecular weight is 280 g/mol. The summed E-state index contributed by atoms with van der Waals surface area (Å²) in [5.74, 6) is 1.93. The number of unbranched alkanes of at least 4 members (excludes halogenated alkanes) is 1. The first-order valence-corrected chi connectivity index (χ1v) is 8.72. The smallest absolute Gasteiger partial charge is 0.241 e. The van der Waals surface area contributed by atoms with Crippen LogP contribution in [0.5, 0.6) is 0 Å². The molecule has 1 N–H and O–H groups in total. The molecule has 1 saturated carbocycles. The van der Waals surface area contributed by atoms with Gasteiger partial charge in [-0.1, -0.05) is 46.5 Å². The Labute approximate surface area is 124 Å². The maximum atomic E-state index is 12.6. The summed E-state index contributed by atoms with van der Waals surface area (Å²) in [5.41, 5.74) is 0. The first kappa shape index (κ1) is 15.8. The molecule has 0 aromatic carbocycles. The Hall–Kier alpha value is -0.570. The minimum atomic E-state index is 0.0842. The van der Waals surface area contributed by atoms with Gasteiger partial charge >= 0.3 is 0 Å². The SMILES string of the molecule is CCCCC1NC(CC)N(CC2CCCC(C)C2)C1=O. The number of nitrogens with one attached hydrogen (secondary N) is 1. The molecule has 0 radical (unpaired) electrons. The van der Waals surface area contributed by atoms with Crippen molar-refractivity contribution in [1.82, 2.24) is 10.2 Å². The molecule has 0 aromatic rings. The van der Waals surface area contributed by atoms with Crippen molar-refractivity contribution in [2.45, 2.75) is 84.3 Å². The largest absolute Gasteiger partial charge is 0.326 e. The number of amides is 1. The van der Waals surface area contributed by atoms with Gasteiger partial charge in [0.2, 0.25) is 5.91 Å². The van der Waals surface area contributed by atoms with Crippen LogP contribution in [-0.2, 0) is 4.79 Å². The predicted molar refractivity (Wildman–Crippen MR) is 83.4 cm³/mol. The molecule has 1 saturated heterocycles. The van der Waals surface area contributed by atoms with E-state index in [1.165, 1.54) is 32.1 Å². The molecule has 3 heteroatoms. The summed E-state index contributed by atoms with van der Waals surface area (Å²) in [6.45, 7) is 7.72. The highest BCUT2D eigenvalue weighted by Crippen LogP contribution is 2.30. The van der Waals surface area contributed by atoms with Gasteiger partial charge in [-0.05, 0) is 37.5 Å². The lowest BCUT2D eigenvalue weighted by atomic mass is 9.82. The second-order valence-corrected chi connectivity index (χ2v) is 6.91. The molecule has 1 aliphatic carbocycles. The van der Waals surface area contributed by atoms with Crippen molar-refractivity contribution in [3.63, 3.8) is 0 Å². The fourth-order valence-electron chi connectivity index (χ4n) is 3.92. The van der Waals surface area contributed by atoms with Crippen LogP contribution in [0, 0.1) is 11.8 Å². The Kier molecular flexibility index (Phi) is 5.88. The standard InChI is InChI=1S/C17H32N2O/c1-4-6-10-15-17(20)19(16(5-2)18-15)12-14-9-7-8-13(3)11-14/h13-16,18H,4-12H2,1-3H3. The lowest BCUT2D eigenvalue weighted by molar-refractivity contribution is -0.131. The zero-order valence-corrected chi connectivity index (χ0v) is 13.5. The second-order valence-electron chi connectivity index (χ2n) is 6.91. The summed E-state index contributed by atoms with van der Waals surface area (Å²) in [4.78, 5) is 14.8. The summed E-state index contributed by atoms with van der Waals surface area (Å²) < 4.78 is 0. The van der Waals surface area contributed by atoms with Crippen LogP contribution in [0.25, 0.3) is 0 Å². The average Bonchev–Trinajstić information content (AvgIpc) is 2.73. The molecule has 4 atom stereocenters. The fourth-order valence-corrected chi connectivity index (χ4v) is 3.92. The summed E-state index contributed by atoms with van der Waals surface area (Å²) in [6, 6.07) is 0.0842. The lowest BCUT2D eigenvalue weighted by Gasteiger charge is -2.32. The second kappa shape index (κ2) is 7.44. The minimum Gasteiger partial charge on any atom is -0.326 e. The fraction of sp³-hybridized carbons (Fsp3) is 0.941. The van der Waals surface area contributed by atoms with Crippen LogP contribution < -0.4 is 5.32 Å². The van der Waals surface area contributed by atoms with Gasteiger partial charge in [-0.2, -0.15) is 0 Å². The van der Waals surface area contributed by atoms with E-state index in [1.807, 2.05) is 0 Å². The number of rotatable bonds is 6. The van der Waals surface area contributed by atoms with Crippen molar-refractivity contribution in [2.24, 2.45) is 11.8 Å². The molecule has 3 nitrogen and oxygen atoms in total. The van der Waals surface area contributed by atoms with Crippen LogP contribution in [-0.4, -0.2) is 29.6 Å². The van der Waals surface area contributed by atoms with Crippen molar-refractivity contribution >= 4 is 5.91 Å². The van der Waals surface area contributed by atoms with E-state index < -0.39 is 0 Å². The van der Waals surface area contributed by atoms with Gasteiger partial charge in [-0.3, -0.25) is 10.1 Å². The van der Waals surface area contributed by atoms with E-state index in [0.29, 0.717) is 5.91 Å². The van der Waals surface area contributed by atoms with E-state index in [2.05, 4.69) is 31.0 Å². The molecule has 4 unspecified atom stereocenters. The van der Waals surface area contributed by atoms with Crippen LogP contribution >= 0.6 is 0 Å². The number of nitrogens with zero attached hydrogens (tertiary/aromatic N) is 1. The van der Waals surface area contributed by atoms with Crippen LogP contribution in [0.3, 0.4) is 0 Å². The third-order valence-corrected chi connectivity index (χ3v) is 5.08. The van der Waals surface area contributed by atoms with Gasteiger partial charge in [0.15, 0.2) is 0 Å². The molecule has 1 amide bonds. The van der Waals surface area contributed by atoms with Gasteiger partial charge in [0, 0.05) is 6.54 Å². The van der Waals surface area contributed by atoms with Crippen molar-refractivity contribution < 1.29 is 4.79 Å². The van der Waals surface area contributed by atoms with Crippen molar-refractivity contribution in [2.75, 3.05) is 6.54 Å². The molecular formula is C17H32N2O. The summed E-state index contributed by atoms with van der Waals surface area (Å²) in [7, 11) is 0. The highest BCUT2D eigenvalue weighted by molar-refractivity contribution is 5.84. The minimum absolute atomic E-state index is 0.0842. The van der Waals surface area contributed by atoms with Gasteiger partial charge in [-0.15, -0.1) is 0 Å². The van der Waals surface area contributed by atoms with Crippen molar-refractivity contribution in [3.05, 3.63) is 0 Å². The summed E-state index contributed by atoms with van der Waals surface area (Å²) >= 11 is 0.